The number of amides is 2. The summed E-state index contributed by atoms with van der Waals surface area (Å²) in [4.78, 5) is 24.8. The topological polar surface area (TPSA) is 58.2 Å². The van der Waals surface area contributed by atoms with Gasteiger partial charge in [-0.2, -0.15) is 0 Å². The summed E-state index contributed by atoms with van der Waals surface area (Å²) in [5.41, 5.74) is 1.68. The summed E-state index contributed by atoms with van der Waals surface area (Å²) < 4.78 is 13.0. The van der Waals surface area contributed by atoms with Gasteiger partial charge in [0.1, 0.15) is 5.82 Å². The molecule has 0 aromatic heterocycles. The van der Waals surface area contributed by atoms with Crippen molar-refractivity contribution >= 4 is 23.2 Å². The summed E-state index contributed by atoms with van der Waals surface area (Å²) in [6.07, 6.45) is 0. The van der Waals surface area contributed by atoms with E-state index in [0.29, 0.717) is 22.5 Å². The number of anilines is 2. The fourth-order valence-corrected chi connectivity index (χ4v) is 2.31. The maximum absolute atomic E-state index is 13.0. The molecule has 0 radical (unpaired) electrons. The molecule has 0 saturated heterocycles. The Morgan fingerprint density at radius 1 is 0.680 bits per heavy atom. The van der Waals surface area contributed by atoms with E-state index in [1.54, 1.807) is 48.5 Å². The molecule has 0 atom stereocenters. The van der Waals surface area contributed by atoms with Gasteiger partial charge in [0.05, 0.1) is 11.3 Å². The normalized spacial score (nSPS) is 10.1. The highest BCUT2D eigenvalue weighted by atomic mass is 19.1. The van der Waals surface area contributed by atoms with E-state index in [1.807, 2.05) is 6.07 Å². The maximum atomic E-state index is 13.0. The minimum Gasteiger partial charge on any atom is -0.322 e. The van der Waals surface area contributed by atoms with Crippen molar-refractivity contribution in [1.29, 1.82) is 0 Å². The van der Waals surface area contributed by atoms with Gasteiger partial charge < -0.3 is 10.6 Å². The Morgan fingerprint density at radius 3 is 2.04 bits per heavy atom. The van der Waals surface area contributed by atoms with Crippen LogP contribution in [0, 0.1) is 5.82 Å². The minimum absolute atomic E-state index is 0.303. The Morgan fingerprint density at radius 2 is 1.32 bits per heavy atom. The molecule has 0 unspecified atom stereocenters. The number of nitrogens with one attached hydrogen (secondary N) is 2. The first kappa shape index (κ1) is 16.4. The van der Waals surface area contributed by atoms with Crippen LogP contribution in [0.4, 0.5) is 15.8 Å². The highest BCUT2D eigenvalue weighted by Crippen LogP contribution is 2.18. The molecule has 5 heteroatoms. The van der Waals surface area contributed by atoms with Crippen LogP contribution in [0.2, 0.25) is 0 Å². The number of carbonyl (C=O) groups is 2. The molecule has 3 aromatic carbocycles. The molecule has 3 rings (SSSR count). The highest BCUT2D eigenvalue weighted by Gasteiger charge is 2.14. The quantitative estimate of drug-likeness (QED) is 0.746. The van der Waals surface area contributed by atoms with Crippen LogP contribution in [0.1, 0.15) is 20.7 Å². The van der Waals surface area contributed by atoms with Gasteiger partial charge in [-0.25, -0.2) is 4.39 Å². The van der Waals surface area contributed by atoms with Crippen LogP contribution in [0.25, 0.3) is 0 Å². The van der Waals surface area contributed by atoms with Crippen LogP contribution in [0.5, 0.6) is 0 Å². The van der Waals surface area contributed by atoms with Gasteiger partial charge in [-0.15, -0.1) is 0 Å². The van der Waals surface area contributed by atoms with E-state index in [9.17, 15) is 14.0 Å². The van der Waals surface area contributed by atoms with Gasteiger partial charge >= 0.3 is 0 Å². The molecule has 0 aliphatic carbocycles. The van der Waals surface area contributed by atoms with E-state index in [2.05, 4.69) is 10.6 Å². The van der Waals surface area contributed by atoms with Crippen molar-refractivity contribution < 1.29 is 14.0 Å². The Hall–Kier alpha value is -3.47. The Kier molecular flexibility index (Phi) is 4.85. The Balaban J connectivity index is 1.79. The first-order chi connectivity index (χ1) is 12.1. The third kappa shape index (κ3) is 4.09. The highest BCUT2D eigenvalue weighted by molar-refractivity contribution is 6.12. The second-order valence-corrected chi connectivity index (χ2v) is 5.33. The summed E-state index contributed by atoms with van der Waals surface area (Å²) >= 11 is 0. The van der Waals surface area contributed by atoms with Gasteiger partial charge in [0.2, 0.25) is 0 Å². The zero-order chi connectivity index (χ0) is 17.6. The van der Waals surface area contributed by atoms with E-state index in [-0.39, 0.29) is 11.7 Å². The van der Waals surface area contributed by atoms with Gasteiger partial charge in [0.15, 0.2) is 0 Å². The summed E-state index contributed by atoms with van der Waals surface area (Å²) in [6, 6.07) is 20.9. The number of benzene rings is 3. The average molecular weight is 334 g/mol. The van der Waals surface area contributed by atoms with Gasteiger partial charge in [-0.3, -0.25) is 9.59 Å². The lowest BCUT2D eigenvalue weighted by molar-refractivity contribution is 0.102. The summed E-state index contributed by atoms with van der Waals surface area (Å²) in [7, 11) is 0. The molecular weight excluding hydrogens is 319 g/mol. The van der Waals surface area contributed by atoms with Crippen molar-refractivity contribution in [2.45, 2.75) is 0 Å². The van der Waals surface area contributed by atoms with E-state index < -0.39 is 5.91 Å². The first-order valence-corrected chi connectivity index (χ1v) is 7.66. The maximum Gasteiger partial charge on any atom is 0.257 e. The SMILES string of the molecule is O=C(Nc1ccccc1C(=O)Nc1ccc(F)cc1)c1ccccc1. The van der Waals surface area contributed by atoms with E-state index in [0.717, 1.165) is 0 Å². The number of para-hydroxylation sites is 1. The van der Waals surface area contributed by atoms with Crippen molar-refractivity contribution in [3.8, 4) is 0 Å². The van der Waals surface area contributed by atoms with Crippen LogP contribution in [-0.4, -0.2) is 11.8 Å². The fraction of sp³-hybridized carbons (Fsp3) is 0. The van der Waals surface area contributed by atoms with Crippen molar-refractivity contribution in [1.82, 2.24) is 0 Å². The molecule has 2 amide bonds. The monoisotopic (exact) mass is 334 g/mol. The number of halogens is 1. The minimum atomic E-state index is -0.393. The number of hydrogen-bond acceptors (Lipinski definition) is 2. The van der Waals surface area contributed by atoms with Crippen molar-refractivity contribution in [3.05, 3.63) is 95.8 Å². The van der Waals surface area contributed by atoms with Crippen LogP contribution >= 0.6 is 0 Å². The lowest BCUT2D eigenvalue weighted by Crippen LogP contribution is -2.18. The van der Waals surface area contributed by atoms with E-state index >= 15 is 0 Å². The molecule has 25 heavy (non-hydrogen) atoms. The van der Waals surface area contributed by atoms with E-state index in [1.165, 1.54) is 24.3 Å². The predicted molar refractivity (Wildman–Crippen MR) is 95.2 cm³/mol. The number of carbonyl (C=O) groups excluding carboxylic acids is 2. The zero-order valence-corrected chi connectivity index (χ0v) is 13.2. The van der Waals surface area contributed by atoms with Crippen molar-refractivity contribution in [2.24, 2.45) is 0 Å². The smallest absolute Gasteiger partial charge is 0.257 e. The summed E-state index contributed by atoms with van der Waals surface area (Å²) in [5, 5.41) is 5.42. The molecule has 4 nitrogen and oxygen atoms in total. The van der Waals surface area contributed by atoms with Gasteiger partial charge in [0, 0.05) is 11.3 Å². The standard InChI is InChI=1S/C20H15FN2O2/c21-15-10-12-16(13-11-15)22-20(25)17-8-4-5-9-18(17)23-19(24)14-6-2-1-3-7-14/h1-13H,(H,22,25)(H,23,24). The average Bonchev–Trinajstić information content (AvgIpc) is 2.64. The Bertz CT molecular complexity index is 893. The molecule has 3 aromatic rings. The molecular formula is C20H15FN2O2. The second kappa shape index (κ2) is 7.40. The van der Waals surface area contributed by atoms with Crippen LogP contribution < -0.4 is 10.6 Å². The lowest BCUT2D eigenvalue weighted by Gasteiger charge is -2.11. The largest absolute Gasteiger partial charge is 0.322 e. The predicted octanol–water partition coefficient (Wildman–Crippen LogP) is 4.33. The molecule has 0 fully saturated rings. The van der Waals surface area contributed by atoms with Crippen LogP contribution in [0.3, 0.4) is 0 Å². The van der Waals surface area contributed by atoms with Gasteiger partial charge in [-0.05, 0) is 48.5 Å². The third-order valence-electron chi connectivity index (χ3n) is 3.56. The number of rotatable bonds is 4. The molecule has 0 heterocycles. The third-order valence-corrected chi connectivity index (χ3v) is 3.56. The van der Waals surface area contributed by atoms with Gasteiger partial charge in [-0.1, -0.05) is 30.3 Å². The van der Waals surface area contributed by atoms with Crippen molar-refractivity contribution in [3.63, 3.8) is 0 Å². The fourth-order valence-electron chi connectivity index (χ4n) is 2.31. The molecule has 0 bridgehead atoms. The van der Waals surface area contributed by atoms with E-state index in [4.69, 9.17) is 0 Å². The zero-order valence-electron chi connectivity index (χ0n) is 13.2. The first-order valence-electron chi connectivity index (χ1n) is 7.66. The summed E-state index contributed by atoms with van der Waals surface area (Å²) in [6.45, 7) is 0. The van der Waals surface area contributed by atoms with Crippen LogP contribution in [0.15, 0.2) is 78.9 Å². The van der Waals surface area contributed by atoms with Gasteiger partial charge in [0.25, 0.3) is 11.8 Å². The lowest BCUT2D eigenvalue weighted by atomic mass is 10.1. The molecule has 0 saturated carbocycles. The Labute approximate surface area is 144 Å². The molecule has 0 aliphatic heterocycles. The molecule has 0 spiro atoms. The van der Waals surface area contributed by atoms with Crippen molar-refractivity contribution in [2.75, 3.05) is 10.6 Å². The second-order valence-electron chi connectivity index (χ2n) is 5.33. The van der Waals surface area contributed by atoms with Crippen LogP contribution in [-0.2, 0) is 0 Å². The molecule has 124 valence electrons. The molecule has 0 aliphatic rings. The summed E-state index contributed by atoms with van der Waals surface area (Å²) in [5.74, 6) is -1.08. The molecule has 2 N–H and O–H groups in total. The number of hydrogen-bond donors (Lipinski definition) is 2.